The highest BCUT2D eigenvalue weighted by atomic mass is 32.2. The topological polar surface area (TPSA) is 102 Å². The summed E-state index contributed by atoms with van der Waals surface area (Å²) in [6.45, 7) is 4.33. The van der Waals surface area contributed by atoms with Gasteiger partial charge in [-0.2, -0.15) is 0 Å². The number of hydrogen-bond acceptors (Lipinski definition) is 7. The number of piperidine rings is 1. The first-order valence-corrected chi connectivity index (χ1v) is 12.9. The Bertz CT molecular complexity index is 1140. The van der Waals surface area contributed by atoms with Gasteiger partial charge in [0.2, 0.25) is 5.91 Å². The summed E-state index contributed by atoms with van der Waals surface area (Å²) in [4.78, 5) is 26.8. The van der Waals surface area contributed by atoms with Crippen LogP contribution in [0.3, 0.4) is 0 Å². The monoisotopic (exact) mass is 504 g/mol. The number of methoxy groups -OCH3 is 2. The lowest BCUT2D eigenvalue weighted by atomic mass is 9.97. The number of aryl methyl sites for hydroxylation is 1. The molecule has 0 spiro atoms. The first kappa shape index (κ1) is 26.3. The molecule has 9 nitrogen and oxygen atoms in total. The Morgan fingerprint density at radius 1 is 1.00 bits per heavy atom. The van der Waals surface area contributed by atoms with Gasteiger partial charge in [0.1, 0.15) is 6.54 Å². The Morgan fingerprint density at radius 2 is 1.63 bits per heavy atom. The first-order valence-electron chi connectivity index (χ1n) is 11.5. The van der Waals surface area contributed by atoms with Gasteiger partial charge >= 0.3 is 5.97 Å². The summed E-state index contributed by atoms with van der Waals surface area (Å²) in [6, 6.07) is 11.3. The molecule has 1 aliphatic heterocycles. The molecule has 35 heavy (non-hydrogen) atoms. The van der Waals surface area contributed by atoms with E-state index in [0.29, 0.717) is 44.0 Å². The number of hydrogen-bond donors (Lipinski definition) is 0. The second-order valence-corrected chi connectivity index (χ2v) is 10.1. The maximum absolute atomic E-state index is 13.7. The molecule has 1 heterocycles. The molecule has 1 aliphatic rings. The fourth-order valence-electron chi connectivity index (χ4n) is 3.98. The van der Waals surface area contributed by atoms with E-state index in [2.05, 4.69) is 0 Å². The third-order valence-corrected chi connectivity index (χ3v) is 7.78. The Morgan fingerprint density at radius 3 is 2.20 bits per heavy atom. The zero-order chi connectivity index (χ0) is 25.6. The largest absolute Gasteiger partial charge is 0.493 e. The lowest BCUT2D eigenvalue weighted by molar-refractivity contribution is -0.151. The zero-order valence-electron chi connectivity index (χ0n) is 20.5. The number of carbonyl (C=O) groups excluding carboxylic acids is 2. The minimum absolute atomic E-state index is 0.0236. The molecule has 190 valence electrons. The SMILES string of the molecule is CCOC(=O)C1CCN(C(=O)CN(c2ccc(C)cc2)S(=O)(=O)c2ccc(OC)c(OC)c2)CC1. The van der Waals surface area contributed by atoms with E-state index in [1.54, 1.807) is 36.1 Å². The lowest BCUT2D eigenvalue weighted by Gasteiger charge is -2.33. The standard InChI is InChI=1S/C25H32N2O7S/c1-5-34-25(29)19-12-14-26(15-13-19)24(28)17-27(20-8-6-18(2)7-9-20)35(30,31)21-10-11-22(32-3)23(16-21)33-4/h6-11,16,19H,5,12-15,17H2,1-4H3. The molecule has 0 unspecified atom stereocenters. The Kier molecular flexibility index (Phi) is 8.61. The van der Waals surface area contributed by atoms with Crippen molar-refractivity contribution in [3.05, 3.63) is 48.0 Å². The molecule has 0 radical (unpaired) electrons. The second-order valence-electron chi connectivity index (χ2n) is 8.27. The maximum atomic E-state index is 13.7. The average molecular weight is 505 g/mol. The van der Waals surface area contributed by atoms with Gasteiger partial charge in [-0.3, -0.25) is 13.9 Å². The van der Waals surface area contributed by atoms with Crippen molar-refractivity contribution in [2.75, 3.05) is 44.8 Å². The number of nitrogens with zero attached hydrogens (tertiary/aromatic N) is 2. The lowest BCUT2D eigenvalue weighted by Crippen LogP contribution is -2.46. The van der Waals surface area contributed by atoms with Gasteiger partial charge in [-0.15, -0.1) is 0 Å². The van der Waals surface area contributed by atoms with E-state index in [1.165, 1.54) is 32.4 Å². The smallest absolute Gasteiger partial charge is 0.309 e. The molecular formula is C25H32N2O7S. The normalized spacial score (nSPS) is 14.3. The van der Waals surface area contributed by atoms with Gasteiger partial charge in [0, 0.05) is 19.2 Å². The van der Waals surface area contributed by atoms with Crippen LogP contribution in [0.5, 0.6) is 11.5 Å². The number of sulfonamides is 1. The molecule has 1 amide bonds. The molecule has 2 aromatic carbocycles. The average Bonchev–Trinajstić information content (AvgIpc) is 2.87. The van der Waals surface area contributed by atoms with E-state index in [4.69, 9.17) is 14.2 Å². The van der Waals surface area contributed by atoms with E-state index in [-0.39, 0.29) is 35.0 Å². The highest BCUT2D eigenvalue weighted by Gasteiger charge is 2.32. The number of carbonyl (C=O) groups is 2. The van der Waals surface area contributed by atoms with E-state index in [0.717, 1.165) is 9.87 Å². The van der Waals surface area contributed by atoms with E-state index < -0.39 is 10.0 Å². The number of benzene rings is 2. The molecule has 0 aromatic heterocycles. The molecule has 3 rings (SSSR count). The van der Waals surface area contributed by atoms with Crippen LogP contribution in [0.15, 0.2) is 47.4 Å². The molecule has 0 bridgehead atoms. The fraction of sp³-hybridized carbons (Fsp3) is 0.440. The van der Waals surface area contributed by atoms with Crippen molar-refractivity contribution in [3.63, 3.8) is 0 Å². The van der Waals surface area contributed by atoms with Crippen molar-refractivity contribution in [1.29, 1.82) is 0 Å². The second kappa shape index (κ2) is 11.4. The van der Waals surface area contributed by atoms with Crippen LogP contribution in [0.1, 0.15) is 25.3 Å². The van der Waals surface area contributed by atoms with Crippen LogP contribution in [-0.4, -0.2) is 65.7 Å². The number of rotatable bonds is 9. The third-order valence-electron chi connectivity index (χ3n) is 6.01. The van der Waals surface area contributed by atoms with Crippen LogP contribution in [0, 0.1) is 12.8 Å². The number of amides is 1. The summed E-state index contributed by atoms with van der Waals surface area (Å²) in [6.07, 6.45) is 0.967. The van der Waals surface area contributed by atoms with E-state index >= 15 is 0 Å². The molecule has 2 aromatic rings. The van der Waals surface area contributed by atoms with Crippen LogP contribution < -0.4 is 13.8 Å². The number of esters is 1. The summed E-state index contributed by atoms with van der Waals surface area (Å²) < 4.78 is 44.1. The van der Waals surface area contributed by atoms with Crippen molar-refractivity contribution < 1.29 is 32.2 Å². The number of anilines is 1. The van der Waals surface area contributed by atoms with Gasteiger partial charge in [-0.25, -0.2) is 8.42 Å². The summed E-state index contributed by atoms with van der Waals surface area (Å²) in [7, 11) is -1.22. The summed E-state index contributed by atoms with van der Waals surface area (Å²) in [5.74, 6) is -0.171. The quantitative estimate of drug-likeness (QED) is 0.484. The molecular weight excluding hydrogens is 472 g/mol. The van der Waals surface area contributed by atoms with Gasteiger partial charge in [-0.05, 0) is 51.0 Å². The Hall–Kier alpha value is -3.27. The van der Waals surface area contributed by atoms with Gasteiger partial charge in [0.05, 0.1) is 37.3 Å². The van der Waals surface area contributed by atoms with E-state index in [9.17, 15) is 18.0 Å². The molecule has 0 aliphatic carbocycles. The minimum Gasteiger partial charge on any atom is -0.493 e. The molecule has 0 atom stereocenters. The molecule has 1 fully saturated rings. The van der Waals surface area contributed by atoms with Crippen LogP contribution in [-0.2, 0) is 24.3 Å². The molecule has 0 saturated carbocycles. The molecule has 10 heteroatoms. The van der Waals surface area contributed by atoms with Gasteiger partial charge in [-0.1, -0.05) is 17.7 Å². The predicted octanol–water partition coefficient (Wildman–Crippen LogP) is 3.01. The van der Waals surface area contributed by atoms with Crippen LogP contribution in [0.4, 0.5) is 5.69 Å². The van der Waals surface area contributed by atoms with Crippen molar-refractivity contribution in [1.82, 2.24) is 4.90 Å². The van der Waals surface area contributed by atoms with Crippen molar-refractivity contribution in [3.8, 4) is 11.5 Å². The Labute approximate surface area is 206 Å². The molecule has 1 saturated heterocycles. The summed E-state index contributed by atoms with van der Waals surface area (Å²) in [5.41, 5.74) is 1.34. The fourth-order valence-corrected chi connectivity index (χ4v) is 5.41. The highest BCUT2D eigenvalue weighted by molar-refractivity contribution is 7.92. The van der Waals surface area contributed by atoms with Crippen LogP contribution >= 0.6 is 0 Å². The number of likely N-dealkylation sites (tertiary alicyclic amines) is 1. The van der Waals surface area contributed by atoms with Gasteiger partial charge in [0.25, 0.3) is 10.0 Å². The molecule has 0 N–H and O–H groups in total. The summed E-state index contributed by atoms with van der Waals surface area (Å²) >= 11 is 0. The van der Waals surface area contributed by atoms with Gasteiger partial charge < -0.3 is 19.1 Å². The van der Waals surface area contributed by atoms with E-state index in [1.807, 2.05) is 6.92 Å². The van der Waals surface area contributed by atoms with Crippen molar-refractivity contribution >= 4 is 27.6 Å². The minimum atomic E-state index is -4.11. The summed E-state index contributed by atoms with van der Waals surface area (Å²) in [5, 5.41) is 0. The maximum Gasteiger partial charge on any atom is 0.309 e. The van der Waals surface area contributed by atoms with Crippen molar-refractivity contribution in [2.24, 2.45) is 5.92 Å². The van der Waals surface area contributed by atoms with Crippen molar-refractivity contribution in [2.45, 2.75) is 31.6 Å². The third kappa shape index (κ3) is 6.05. The highest BCUT2D eigenvalue weighted by Crippen LogP contribution is 2.32. The number of ether oxygens (including phenoxy) is 3. The zero-order valence-corrected chi connectivity index (χ0v) is 21.3. The first-order chi connectivity index (χ1) is 16.7. The van der Waals surface area contributed by atoms with Crippen LogP contribution in [0.2, 0.25) is 0 Å². The van der Waals surface area contributed by atoms with Gasteiger partial charge in [0.15, 0.2) is 11.5 Å². The van der Waals surface area contributed by atoms with Crippen LogP contribution in [0.25, 0.3) is 0 Å². The predicted molar refractivity (Wildman–Crippen MR) is 131 cm³/mol. The Balaban J connectivity index is 1.87.